The lowest BCUT2D eigenvalue weighted by molar-refractivity contribution is 0.107. The molecule has 3 rings (SSSR count). The minimum Gasteiger partial charge on any atom is -0.494 e. The van der Waals surface area contributed by atoms with Crippen molar-refractivity contribution in [2.45, 2.75) is 31.5 Å². The van der Waals surface area contributed by atoms with Crippen LogP contribution in [0, 0.1) is 0 Å². The van der Waals surface area contributed by atoms with Crippen LogP contribution in [0.3, 0.4) is 0 Å². The molecule has 0 aliphatic carbocycles. The molecule has 7 heteroatoms. The van der Waals surface area contributed by atoms with E-state index < -0.39 is 5.60 Å². The number of aliphatic hydroxyl groups is 1. The Labute approximate surface area is 168 Å². The Balaban J connectivity index is 2.07. The van der Waals surface area contributed by atoms with Gasteiger partial charge < -0.3 is 9.84 Å². The fourth-order valence-electron chi connectivity index (χ4n) is 2.51. The average Bonchev–Trinajstić information content (AvgIpc) is 3.04. The third kappa shape index (κ3) is 4.83. The van der Waals surface area contributed by atoms with Gasteiger partial charge in [0.1, 0.15) is 5.75 Å². The van der Waals surface area contributed by atoms with Crippen LogP contribution in [0.5, 0.6) is 5.75 Å². The summed E-state index contributed by atoms with van der Waals surface area (Å²) in [5.41, 5.74) is 0.887. The topological polar surface area (TPSA) is 60.2 Å². The largest absolute Gasteiger partial charge is 0.494 e. The molecule has 0 amide bonds. The van der Waals surface area contributed by atoms with E-state index in [1.165, 1.54) is 11.8 Å². The van der Waals surface area contributed by atoms with E-state index >= 15 is 0 Å². The van der Waals surface area contributed by atoms with Gasteiger partial charge in [-0.15, -0.1) is 10.2 Å². The Bertz CT molecular complexity index is 904. The molecule has 0 atom stereocenters. The second-order valence-electron chi connectivity index (χ2n) is 6.65. The first-order valence-electron chi connectivity index (χ1n) is 8.68. The Kier molecular flexibility index (Phi) is 6.09. The molecule has 0 unspecified atom stereocenters. The molecule has 5 nitrogen and oxygen atoms in total. The van der Waals surface area contributed by atoms with Gasteiger partial charge in [0.05, 0.1) is 17.2 Å². The van der Waals surface area contributed by atoms with Gasteiger partial charge in [-0.25, -0.2) is 0 Å². The predicted octanol–water partition coefficient (Wildman–Crippen LogP) is 4.85. The second kappa shape index (κ2) is 8.33. The Hall–Kier alpha value is -2.02. The van der Waals surface area contributed by atoms with Crippen LogP contribution in [0.25, 0.3) is 17.1 Å². The number of ether oxygens (including phenoxy) is 1. The van der Waals surface area contributed by atoms with Crippen LogP contribution in [0.4, 0.5) is 0 Å². The van der Waals surface area contributed by atoms with Gasteiger partial charge in [0.2, 0.25) is 0 Å². The molecule has 0 radical (unpaired) electrons. The standard InChI is InChI=1S/C20H22ClN3O2S/c1-4-26-15-11-9-14(10-12-15)24-18(16-7-5-6-8-17(16)21)22-23-19(24)27-13-20(2,3)25/h5-12,25H,4,13H2,1-3H3. The molecule has 2 aromatic carbocycles. The van der Waals surface area contributed by atoms with E-state index in [1.54, 1.807) is 13.8 Å². The lowest BCUT2D eigenvalue weighted by atomic mass is 10.2. The highest BCUT2D eigenvalue weighted by atomic mass is 35.5. The highest BCUT2D eigenvalue weighted by Gasteiger charge is 2.21. The summed E-state index contributed by atoms with van der Waals surface area (Å²) in [6, 6.07) is 15.3. The summed E-state index contributed by atoms with van der Waals surface area (Å²) in [5, 5.41) is 20.1. The first-order chi connectivity index (χ1) is 12.9. The molecule has 3 aromatic rings. The third-order valence-corrected chi connectivity index (χ3v) is 5.41. The number of rotatable bonds is 7. The number of hydrogen-bond acceptors (Lipinski definition) is 5. The molecule has 0 spiro atoms. The van der Waals surface area contributed by atoms with Gasteiger partial charge in [-0.05, 0) is 57.2 Å². The zero-order valence-corrected chi connectivity index (χ0v) is 17.1. The highest BCUT2D eigenvalue weighted by Crippen LogP contribution is 2.33. The van der Waals surface area contributed by atoms with Crippen molar-refractivity contribution in [2.75, 3.05) is 12.4 Å². The van der Waals surface area contributed by atoms with E-state index in [4.69, 9.17) is 16.3 Å². The molecule has 0 aliphatic heterocycles. The molecular formula is C20H22ClN3O2S. The number of halogens is 1. The van der Waals surface area contributed by atoms with Crippen LogP contribution < -0.4 is 4.74 Å². The number of hydrogen-bond donors (Lipinski definition) is 1. The molecule has 1 N–H and O–H groups in total. The maximum atomic E-state index is 10.1. The van der Waals surface area contributed by atoms with Crippen molar-refractivity contribution in [1.29, 1.82) is 0 Å². The third-order valence-electron chi connectivity index (χ3n) is 3.71. The predicted molar refractivity (Wildman–Crippen MR) is 110 cm³/mol. The molecule has 27 heavy (non-hydrogen) atoms. The molecule has 142 valence electrons. The van der Waals surface area contributed by atoms with E-state index in [-0.39, 0.29) is 0 Å². The van der Waals surface area contributed by atoms with E-state index in [1.807, 2.05) is 60.0 Å². The molecule has 0 saturated carbocycles. The monoisotopic (exact) mass is 403 g/mol. The Morgan fingerprint density at radius 1 is 1.11 bits per heavy atom. The summed E-state index contributed by atoms with van der Waals surface area (Å²) in [7, 11) is 0. The summed E-state index contributed by atoms with van der Waals surface area (Å²) in [5.74, 6) is 1.95. The molecule has 0 saturated heterocycles. The fraction of sp³-hybridized carbons (Fsp3) is 0.300. The maximum absolute atomic E-state index is 10.1. The van der Waals surface area contributed by atoms with E-state index in [0.717, 1.165) is 17.0 Å². The van der Waals surface area contributed by atoms with Crippen molar-refractivity contribution in [2.24, 2.45) is 0 Å². The van der Waals surface area contributed by atoms with Crippen LogP contribution in [0.1, 0.15) is 20.8 Å². The molecule has 0 fully saturated rings. The lowest BCUT2D eigenvalue weighted by Crippen LogP contribution is -2.22. The normalized spacial score (nSPS) is 11.6. The van der Waals surface area contributed by atoms with E-state index in [9.17, 15) is 5.11 Å². The van der Waals surface area contributed by atoms with Crippen LogP contribution in [-0.2, 0) is 0 Å². The number of thioether (sulfide) groups is 1. The summed E-state index contributed by atoms with van der Waals surface area (Å²) >= 11 is 7.85. The van der Waals surface area contributed by atoms with Crippen molar-refractivity contribution in [3.8, 4) is 22.8 Å². The molecule has 0 bridgehead atoms. The van der Waals surface area contributed by atoms with Crippen LogP contribution in [-0.4, -0.2) is 37.8 Å². The smallest absolute Gasteiger partial charge is 0.196 e. The quantitative estimate of drug-likeness (QED) is 0.571. The van der Waals surface area contributed by atoms with Crippen LogP contribution in [0.2, 0.25) is 5.02 Å². The zero-order chi connectivity index (χ0) is 19.4. The lowest BCUT2D eigenvalue weighted by Gasteiger charge is -2.17. The van der Waals surface area contributed by atoms with Crippen molar-refractivity contribution in [3.63, 3.8) is 0 Å². The van der Waals surface area contributed by atoms with Gasteiger partial charge in [-0.1, -0.05) is 35.5 Å². The SMILES string of the molecule is CCOc1ccc(-n2c(SCC(C)(C)O)nnc2-c2ccccc2Cl)cc1. The van der Waals surface area contributed by atoms with Gasteiger partial charge in [0.15, 0.2) is 11.0 Å². The number of nitrogens with zero attached hydrogens (tertiary/aromatic N) is 3. The number of benzene rings is 2. The van der Waals surface area contributed by atoms with Crippen LogP contribution in [0.15, 0.2) is 53.7 Å². The fourth-order valence-corrected chi connectivity index (χ4v) is 3.63. The van der Waals surface area contributed by atoms with E-state index in [2.05, 4.69) is 10.2 Å². The Morgan fingerprint density at radius 3 is 2.44 bits per heavy atom. The summed E-state index contributed by atoms with van der Waals surface area (Å²) in [6.07, 6.45) is 0. The van der Waals surface area contributed by atoms with Crippen molar-refractivity contribution in [1.82, 2.24) is 14.8 Å². The summed E-state index contributed by atoms with van der Waals surface area (Å²) in [6.45, 7) is 6.11. The molecule has 0 aliphatic rings. The summed E-state index contributed by atoms with van der Waals surface area (Å²) in [4.78, 5) is 0. The van der Waals surface area contributed by atoms with Crippen molar-refractivity contribution >= 4 is 23.4 Å². The second-order valence-corrected chi connectivity index (χ2v) is 8.00. The van der Waals surface area contributed by atoms with Gasteiger partial charge in [0, 0.05) is 17.0 Å². The first kappa shape index (κ1) is 19.7. The maximum Gasteiger partial charge on any atom is 0.196 e. The first-order valence-corrected chi connectivity index (χ1v) is 10.0. The minimum absolute atomic E-state index is 0.491. The average molecular weight is 404 g/mol. The van der Waals surface area contributed by atoms with Crippen molar-refractivity contribution in [3.05, 3.63) is 53.6 Å². The molecular weight excluding hydrogens is 382 g/mol. The van der Waals surface area contributed by atoms with E-state index in [0.29, 0.717) is 28.4 Å². The number of aromatic nitrogens is 3. The van der Waals surface area contributed by atoms with Gasteiger partial charge in [-0.2, -0.15) is 0 Å². The highest BCUT2D eigenvalue weighted by molar-refractivity contribution is 7.99. The zero-order valence-electron chi connectivity index (χ0n) is 15.5. The molecule has 1 heterocycles. The molecule has 1 aromatic heterocycles. The van der Waals surface area contributed by atoms with Gasteiger partial charge in [0.25, 0.3) is 0 Å². The van der Waals surface area contributed by atoms with Gasteiger partial charge in [-0.3, -0.25) is 4.57 Å². The van der Waals surface area contributed by atoms with Gasteiger partial charge >= 0.3 is 0 Å². The van der Waals surface area contributed by atoms with Crippen molar-refractivity contribution < 1.29 is 9.84 Å². The minimum atomic E-state index is -0.815. The summed E-state index contributed by atoms with van der Waals surface area (Å²) < 4.78 is 7.49. The Morgan fingerprint density at radius 2 is 1.81 bits per heavy atom. The van der Waals surface area contributed by atoms with Crippen LogP contribution >= 0.6 is 23.4 Å².